The summed E-state index contributed by atoms with van der Waals surface area (Å²) in [6.07, 6.45) is 1.97. The quantitative estimate of drug-likeness (QED) is 0.791. The van der Waals surface area contributed by atoms with Crippen LogP contribution in [0.4, 0.5) is 4.39 Å². The van der Waals surface area contributed by atoms with Gasteiger partial charge in [0.25, 0.3) is 5.91 Å². The van der Waals surface area contributed by atoms with Gasteiger partial charge in [0, 0.05) is 0 Å². The van der Waals surface area contributed by atoms with Gasteiger partial charge in [-0.25, -0.2) is 9.18 Å². The predicted molar refractivity (Wildman–Crippen MR) is 97.7 cm³/mol. The van der Waals surface area contributed by atoms with Gasteiger partial charge in [-0.1, -0.05) is 24.3 Å². The lowest BCUT2D eigenvalue weighted by Crippen LogP contribution is -2.36. The van der Waals surface area contributed by atoms with Crippen LogP contribution in [0.2, 0.25) is 0 Å². The van der Waals surface area contributed by atoms with Gasteiger partial charge < -0.3 is 14.8 Å². The number of hydrogen-bond donors (Lipinski definition) is 1. The SMILES string of the molecule is C[C@H](Oc1ccc(F)cc1)C(=O)OCC(=O)N[C@H]1CCCc2ccccc21. The second kappa shape index (κ2) is 8.66. The van der Waals surface area contributed by atoms with Crippen LogP contribution in [0.25, 0.3) is 0 Å². The molecular weight excluding hydrogens is 349 g/mol. The number of carbonyl (C=O) groups is 2. The maximum atomic E-state index is 12.9. The number of fused-ring (bicyclic) bond motifs is 1. The first-order valence-corrected chi connectivity index (χ1v) is 8.99. The van der Waals surface area contributed by atoms with Crippen molar-refractivity contribution in [2.24, 2.45) is 0 Å². The lowest BCUT2D eigenvalue weighted by molar-refractivity contribution is -0.154. The topological polar surface area (TPSA) is 64.6 Å². The zero-order chi connectivity index (χ0) is 19.2. The first-order chi connectivity index (χ1) is 13.0. The number of hydrogen-bond acceptors (Lipinski definition) is 4. The van der Waals surface area contributed by atoms with Crippen LogP contribution >= 0.6 is 0 Å². The molecule has 0 fully saturated rings. The Bertz CT molecular complexity index is 806. The van der Waals surface area contributed by atoms with Crippen LogP contribution in [0.3, 0.4) is 0 Å². The Morgan fingerprint density at radius 3 is 2.70 bits per heavy atom. The van der Waals surface area contributed by atoms with Gasteiger partial charge in [-0.2, -0.15) is 0 Å². The van der Waals surface area contributed by atoms with Gasteiger partial charge >= 0.3 is 5.97 Å². The van der Waals surface area contributed by atoms with Crippen molar-refractivity contribution < 1.29 is 23.5 Å². The van der Waals surface area contributed by atoms with E-state index in [1.54, 1.807) is 0 Å². The number of aryl methyl sites for hydroxylation is 1. The van der Waals surface area contributed by atoms with E-state index in [1.165, 1.54) is 36.8 Å². The first kappa shape index (κ1) is 18.9. The van der Waals surface area contributed by atoms with Crippen molar-refractivity contribution >= 4 is 11.9 Å². The highest BCUT2D eigenvalue weighted by Gasteiger charge is 2.23. The Morgan fingerprint density at radius 1 is 1.19 bits per heavy atom. The highest BCUT2D eigenvalue weighted by atomic mass is 19.1. The molecule has 0 aliphatic heterocycles. The molecular formula is C21H22FNO4. The Labute approximate surface area is 157 Å². The second-order valence-corrected chi connectivity index (χ2v) is 6.53. The number of benzene rings is 2. The number of amides is 1. The third-order valence-electron chi connectivity index (χ3n) is 4.51. The zero-order valence-corrected chi connectivity index (χ0v) is 15.1. The van der Waals surface area contributed by atoms with Crippen molar-refractivity contribution in [2.45, 2.75) is 38.3 Å². The average molecular weight is 371 g/mol. The molecule has 0 heterocycles. The van der Waals surface area contributed by atoms with Crippen molar-refractivity contribution in [3.63, 3.8) is 0 Å². The van der Waals surface area contributed by atoms with Crippen LogP contribution in [0.5, 0.6) is 5.75 Å². The molecule has 6 heteroatoms. The smallest absolute Gasteiger partial charge is 0.347 e. The van der Waals surface area contributed by atoms with E-state index in [9.17, 15) is 14.0 Å². The van der Waals surface area contributed by atoms with Crippen molar-refractivity contribution in [3.05, 3.63) is 65.5 Å². The van der Waals surface area contributed by atoms with Crippen LogP contribution in [0, 0.1) is 5.82 Å². The molecule has 3 rings (SSSR count). The standard InChI is InChI=1S/C21H22FNO4/c1-14(27-17-11-9-16(22)10-12-17)21(25)26-13-20(24)23-19-8-4-6-15-5-2-3-7-18(15)19/h2-3,5,7,9-12,14,19H,4,6,8,13H2,1H3,(H,23,24)/t14-,19-/m0/s1. The molecule has 27 heavy (non-hydrogen) atoms. The van der Waals surface area contributed by atoms with E-state index in [2.05, 4.69) is 11.4 Å². The number of ether oxygens (including phenoxy) is 2. The molecule has 0 bridgehead atoms. The molecule has 5 nitrogen and oxygen atoms in total. The van der Waals surface area contributed by atoms with Gasteiger partial charge in [0.15, 0.2) is 12.7 Å². The molecule has 142 valence electrons. The first-order valence-electron chi connectivity index (χ1n) is 8.99. The zero-order valence-electron chi connectivity index (χ0n) is 15.1. The minimum absolute atomic E-state index is 0.0611. The van der Waals surface area contributed by atoms with E-state index in [4.69, 9.17) is 9.47 Å². The molecule has 1 aliphatic carbocycles. The van der Waals surface area contributed by atoms with Crippen LogP contribution in [-0.4, -0.2) is 24.6 Å². The summed E-state index contributed by atoms with van der Waals surface area (Å²) in [5.74, 6) is -1.04. The summed E-state index contributed by atoms with van der Waals surface area (Å²) in [6, 6.07) is 13.3. The van der Waals surface area contributed by atoms with E-state index in [1.807, 2.05) is 18.2 Å². The molecule has 0 spiro atoms. The summed E-state index contributed by atoms with van der Waals surface area (Å²) in [5.41, 5.74) is 2.36. The minimum atomic E-state index is -0.904. The lowest BCUT2D eigenvalue weighted by atomic mass is 9.88. The van der Waals surface area contributed by atoms with E-state index < -0.39 is 17.9 Å². The fourth-order valence-corrected chi connectivity index (χ4v) is 3.16. The molecule has 1 aliphatic rings. The summed E-state index contributed by atoms with van der Waals surface area (Å²) in [7, 11) is 0. The molecule has 0 saturated carbocycles. The Hall–Kier alpha value is -2.89. The summed E-state index contributed by atoms with van der Waals surface area (Å²) >= 11 is 0. The molecule has 2 aromatic carbocycles. The molecule has 1 N–H and O–H groups in total. The number of halogens is 1. The Kier molecular flexibility index (Phi) is 6.06. The molecule has 0 saturated heterocycles. The number of esters is 1. The lowest BCUT2D eigenvalue weighted by Gasteiger charge is -2.26. The van der Waals surface area contributed by atoms with Crippen LogP contribution < -0.4 is 10.1 Å². The third kappa shape index (κ3) is 5.06. The van der Waals surface area contributed by atoms with Gasteiger partial charge in [0.05, 0.1) is 6.04 Å². The summed E-state index contributed by atoms with van der Waals surface area (Å²) in [4.78, 5) is 24.2. The van der Waals surface area contributed by atoms with Gasteiger partial charge in [-0.15, -0.1) is 0 Å². The van der Waals surface area contributed by atoms with E-state index >= 15 is 0 Å². The highest BCUT2D eigenvalue weighted by molar-refractivity contribution is 5.82. The second-order valence-electron chi connectivity index (χ2n) is 6.53. The predicted octanol–water partition coefficient (Wildman–Crippen LogP) is 3.33. The largest absolute Gasteiger partial charge is 0.479 e. The van der Waals surface area contributed by atoms with Gasteiger partial charge in [-0.3, -0.25) is 4.79 Å². The summed E-state index contributed by atoms with van der Waals surface area (Å²) in [5, 5.41) is 2.93. The van der Waals surface area contributed by atoms with Crippen LogP contribution in [0.15, 0.2) is 48.5 Å². The summed E-state index contributed by atoms with van der Waals surface area (Å²) in [6.45, 7) is 1.15. The Balaban J connectivity index is 1.47. The molecule has 1 amide bonds. The fourth-order valence-electron chi connectivity index (χ4n) is 3.16. The van der Waals surface area contributed by atoms with E-state index in [0.717, 1.165) is 24.8 Å². The van der Waals surface area contributed by atoms with Crippen LogP contribution in [-0.2, 0) is 20.7 Å². The van der Waals surface area contributed by atoms with E-state index in [-0.39, 0.29) is 18.6 Å². The highest BCUT2D eigenvalue weighted by Crippen LogP contribution is 2.29. The molecule has 0 radical (unpaired) electrons. The van der Waals surface area contributed by atoms with Crippen molar-refractivity contribution in [2.75, 3.05) is 6.61 Å². The van der Waals surface area contributed by atoms with Crippen molar-refractivity contribution in [3.8, 4) is 5.75 Å². The number of rotatable bonds is 6. The number of nitrogens with one attached hydrogen (secondary N) is 1. The maximum Gasteiger partial charge on any atom is 0.347 e. The van der Waals surface area contributed by atoms with Crippen molar-refractivity contribution in [1.82, 2.24) is 5.32 Å². The summed E-state index contributed by atoms with van der Waals surface area (Å²) < 4.78 is 23.3. The molecule has 0 unspecified atom stereocenters. The van der Waals surface area contributed by atoms with Crippen molar-refractivity contribution in [1.29, 1.82) is 0 Å². The van der Waals surface area contributed by atoms with Crippen LogP contribution in [0.1, 0.15) is 36.9 Å². The fraction of sp³-hybridized carbons (Fsp3) is 0.333. The average Bonchev–Trinajstić information content (AvgIpc) is 2.68. The maximum absolute atomic E-state index is 12.9. The third-order valence-corrected chi connectivity index (χ3v) is 4.51. The van der Waals surface area contributed by atoms with Gasteiger partial charge in [0.2, 0.25) is 0 Å². The normalized spacial score (nSPS) is 16.7. The minimum Gasteiger partial charge on any atom is -0.479 e. The molecule has 2 atom stereocenters. The molecule has 2 aromatic rings. The number of carbonyl (C=O) groups excluding carboxylic acids is 2. The van der Waals surface area contributed by atoms with E-state index in [0.29, 0.717) is 5.75 Å². The van der Waals surface area contributed by atoms with Gasteiger partial charge in [-0.05, 0) is 61.6 Å². The molecule has 0 aromatic heterocycles. The Morgan fingerprint density at radius 2 is 1.93 bits per heavy atom. The monoisotopic (exact) mass is 371 g/mol. The van der Waals surface area contributed by atoms with Gasteiger partial charge in [0.1, 0.15) is 11.6 Å².